The first-order valence-corrected chi connectivity index (χ1v) is 6.64. The fraction of sp³-hybridized carbons (Fsp3) is 0.133. The van der Waals surface area contributed by atoms with Gasteiger partial charge >= 0.3 is 0 Å². The third-order valence-electron chi connectivity index (χ3n) is 3.60. The molecule has 0 spiro atoms. The number of hydrogen-bond acceptors (Lipinski definition) is 4. The van der Waals surface area contributed by atoms with E-state index in [-0.39, 0.29) is 11.7 Å². The number of rotatable bonds is 2. The van der Waals surface area contributed by atoms with E-state index in [0.29, 0.717) is 18.8 Å². The Morgan fingerprint density at radius 3 is 2.90 bits per heavy atom. The molecule has 0 bridgehead atoms. The molecule has 0 radical (unpaired) electrons. The van der Waals surface area contributed by atoms with E-state index in [4.69, 9.17) is 4.52 Å². The third kappa shape index (κ3) is 2.01. The van der Waals surface area contributed by atoms with Crippen LogP contribution in [0.15, 0.2) is 47.1 Å². The minimum Gasteiger partial charge on any atom is -0.350 e. The normalized spacial score (nSPS) is 13.4. The van der Waals surface area contributed by atoms with Gasteiger partial charge in [-0.1, -0.05) is 35.5 Å². The molecule has 6 nitrogen and oxygen atoms in total. The van der Waals surface area contributed by atoms with Crippen LogP contribution < -0.4 is 0 Å². The van der Waals surface area contributed by atoms with Crippen molar-refractivity contribution in [2.75, 3.05) is 0 Å². The Morgan fingerprint density at radius 2 is 2.10 bits per heavy atom. The van der Waals surface area contributed by atoms with Gasteiger partial charge in [-0.2, -0.15) is 5.10 Å². The van der Waals surface area contributed by atoms with E-state index in [9.17, 15) is 4.79 Å². The first-order valence-electron chi connectivity index (χ1n) is 6.64. The van der Waals surface area contributed by atoms with Crippen molar-refractivity contribution >= 4 is 5.91 Å². The zero-order valence-corrected chi connectivity index (χ0v) is 11.1. The molecule has 21 heavy (non-hydrogen) atoms. The van der Waals surface area contributed by atoms with E-state index in [1.807, 2.05) is 30.3 Å². The molecule has 0 unspecified atom stereocenters. The first-order chi connectivity index (χ1) is 10.3. The van der Waals surface area contributed by atoms with Crippen molar-refractivity contribution in [2.24, 2.45) is 0 Å². The lowest BCUT2D eigenvalue weighted by atomic mass is 10.1. The number of benzene rings is 1. The van der Waals surface area contributed by atoms with Gasteiger partial charge in [-0.3, -0.25) is 9.89 Å². The molecule has 1 aliphatic rings. The third-order valence-corrected chi connectivity index (χ3v) is 3.60. The molecule has 1 aromatic carbocycles. The predicted octanol–water partition coefficient (Wildman–Crippen LogP) is 2.22. The highest BCUT2D eigenvalue weighted by molar-refractivity contribution is 5.92. The average molecular weight is 280 g/mol. The molecular formula is C15H12N4O2. The molecule has 1 N–H and O–H groups in total. The number of carbonyl (C=O) groups is 1. The van der Waals surface area contributed by atoms with Crippen molar-refractivity contribution in [1.82, 2.24) is 20.3 Å². The second-order valence-electron chi connectivity index (χ2n) is 4.98. The molecule has 0 saturated carbocycles. The topological polar surface area (TPSA) is 75.0 Å². The second-order valence-corrected chi connectivity index (χ2v) is 4.98. The highest BCUT2D eigenvalue weighted by Gasteiger charge is 2.28. The minimum absolute atomic E-state index is 0.158. The Labute approximate surface area is 120 Å². The standard InChI is InChI=1S/C15H12N4O2/c20-15(19-8-11-7-16-17-13(11)9-19)14-6-12(18-21-14)10-4-2-1-3-5-10/h1-7H,8-9H2,(H,16,17). The number of fused-ring (bicyclic) bond motifs is 1. The van der Waals surface area contributed by atoms with Crippen molar-refractivity contribution in [3.63, 3.8) is 0 Å². The van der Waals surface area contributed by atoms with E-state index in [1.165, 1.54) is 0 Å². The summed E-state index contributed by atoms with van der Waals surface area (Å²) in [6.45, 7) is 1.07. The Morgan fingerprint density at radius 1 is 1.24 bits per heavy atom. The van der Waals surface area contributed by atoms with Crippen LogP contribution in [0.3, 0.4) is 0 Å². The van der Waals surface area contributed by atoms with E-state index < -0.39 is 0 Å². The van der Waals surface area contributed by atoms with E-state index in [0.717, 1.165) is 16.8 Å². The lowest BCUT2D eigenvalue weighted by Crippen LogP contribution is -2.25. The molecule has 4 rings (SSSR count). The molecule has 104 valence electrons. The zero-order valence-electron chi connectivity index (χ0n) is 11.1. The van der Waals surface area contributed by atoms with Gasteiger partial charge in [0.15, 0.2) is 0 Å². The van der Waals surface area contributed by atoms with Crippen LogP contribution in [-0.4, -0.2) is 26.2 Å². The van der Waals surface area contributed by atoms with Crippen molar-refractivity contribution in [3.05, 3.63) is 59.6 Å². The number of hydrogen-bond donors (Lipinski definition) is 1. The van der Waals surface area contributed by atoms with Gasteiger partial charge in [0.25, 0.3) is 5.91 Å². The van der Waals surface area contributed by atoms with Crippen LogP contribution in [-0.2, 0) is 13.1 Å². The van der Waals surface area contributed by atoms with E-state index >= 15 is 0 Å². The van der Waals surface area contributed by atoms with Crippen LogP contribution >= 0.6 is 0 Å². The molecule has 3 heterocycles. The lowest BCUT2D eigenvalue weighted by molar-refractivity contribution is 0.0707. The maximum Gasteiger partial charge on any atom is 0.293 e. The van der Waals surface area contributed by atoms with E-state index in [2.05, 4.69) is 15.4 Å². The number of amides is 1. The van der Waals surface area contributed by atoms with Crippen LogP contribution in [0.1, 0.15) is 21.8 Å². The van der Waals surface area contributed by atoms with E-state index in [1.54, 1.807) is 17.2 Å². The molecule has 3 aromatic rings. The van der Waals surface area contributed by atoms with Gasteiger partial charge in [0.2, 0.25) is 5.76 Å². The molecule has 2 aromatic heterocycles. The fourth-order valence-electron chi connectivity index (χ4n) is 2.48. The van der Waals surface area contributed by atoms with Gasteiger partial charge < -0.3 is 9.42 Å². The van der Waals surface area contributed by atoms with Crippen LogP contribution in [0, 0.1) is 0 Å². The number of aromatic amines is 1. The number of nitrogens with zero attached hydrogens (tertiary/aromatic N) is 3. The highest BCUT2D eigenvalue weighted by Crippen LogP contribution is 2.24. The average Bonchev–Trinajstić information content (AvgIpc) is 3.22. The van der Waals surface area contributed by atoms with Crippen LogP contribution in [0.5, 0.6) is 0 Å². The Hall–Kier alpha value is -2.89. The minimum atomic E-state index is -0.158. The molecule has 1 aliphatic heterocycles. The molecular weight excluding hydrogens is 268 g/mol. The summed E-state index contributed by atoms with van der Waals surface area (Å²) in [6.07, 6.45) is 1.75. The number of carbonyl (C=O) groups excluding carboxylic acids is 1. The predicted molar refractivity (Wildman–Crippen MR) is 74.1 cm³/mol. The molecule has 0 fully saturated rings. The van der Waals surface area contributed by atoms with Crippen LogP contribution in [0.2, 0.25) is 0 Å². The summed E-state index contributed by atoms with van der Waals surface area (Å²) in [7, 11) is 0. The van der Waals surface area contributed by atoms with Crippen molar-refractivity contribution < 1.29 is 9.32 Å². The number of aromatic nitrogens is 3. The first kappa shape index (κ1) is 11.9. The van der Waals surface area contributed by atoms with Crippen molar-refractivity contribution in [3.8, 4) is 11.3 Å². The zero-order chi connectivity index (χ0) is 14.2. The SMILES string of the molecule is O=C(c1cc(-c2ccccc2)no1)N1Cc2cn[nH]c2C1. The molecule has 1 amide bonds. The summed E-state index contributed by atoms with van der Waals surface area (Å²) in [5.41, 5.74) is 3.62. The van der Waals surface area contributed by atoms with Gasteiger partial charge in [0, 0.05) is 23.7 Å². The smallest absolute Gasteiger partial charge is 0.293 e. The Bertz CT molecular complexity index is 770. The number of H-pyrrole nitrogens is 1. The summed E-state index contributed by atoms with van der Waals surface area (Å²) < 4.78 is 5.20. The van der Waals surface area contributed by atoms with Gasteiger partial charge in [0.05, 0.1) is 18.4 Å². The fourth-order valence-corrected chi connectivity index (χ4v) is 2.48. The van der Waals surface area contributed by atoms with Crippen LogP contribution in [0.25, 0.3) is 11.3 Å². The molecule has 0 saturated heterocycles. The molecule has 0 aliphatic carbocycles. The highest BCUT2D eigenvalue weighted by atomic mass is 16.5. The van der Waals surface area contributed by atoms with Gasteiger partial charge in [-0.25, -0.2) is 0 Å². The monoisotopic (exact) mass is 280 g/mol. The maximum absolute atomic E-state index is 12.4. The second kappa shape index (κ2) is 4.59. The van der Waals surface area contributed by atoms with Gasteiger partial charge in [-0.15, -0.1) is 0 Å². The van der Waals surface area contributed by atoms with Crippen molar-refractivity contribution in [1.29, 1.82) is 0 Å². The summed E-state index contributed by atoms with van der Waals surface area (Å²) in [6, 6.07) is 11.3. The summed E-state index contributed by atoms with van der Waals surface area (Å²) in [4.78, 5) is 14.1. The van der Waals surface area contributed by atoms with Gasteiger partial charge in [0.1, 0.15) is 5.69 Å². The van der Waals surface area contributed by atoms with Crippen LogP contribution in [0.4, 0.5) is 0 Å². The molecule has 0 atom stereocenters. The summed E-state index contributed by atoms with van der Waals surface area (Å²) in [5.74, 6) is 0.0984. The lowest BCUT2D eigenvalue weighted by Gasteiger charge is -2.12. The Kier molecular flexibility index (Phi) is 2.60. The summed E-state index contributed by atoms with van der Waals surface area (Å²) in [5, 5.41) is 10.8. The Balaban J connectivity index is 1.56. The van der Waals surface area contributed by atoms with Crippen molar-refractivity contribution in [2.45, 2.75) is 13.1 Å². The largest absolute Gasteiger partial charge is 0.350 e. The summed E-state index contributed by atoms with van der Waals surface area (Å²) >= 11 is 0. The quantitative estimate of drug-likeness (QED) is 0.781. The maximum atomic E-state index is 12.4. The molecule has 6 heteroatoms. The van der Waals surface area contributed by atoms with Gasteiger partial charge in [-0.05, 0) is 0 Å². The number of nitrogens with one attached hydrogen (secondary N) is 1.